The fourth-order valence-electron chi connectivity index (χ4n) is 1.21. The van der Waals surface area contributed by atoms with Gasteiger partial charge in [0.15, 0.2) is 11.5 Å². The van der Waals surface area contributed by atoms with Crippen LogP contribution in [0, 0.1) is 0 Å². The molecule has 3 heteroatoms. The first-order chi connectivity index (χ1) is 6.31. The van der Waals surface area contributed by atoms with Gasteiger partial charge in [-0.1, -0.05) is 6.58 Å². The van der Waals surface area contributed by atoms with Crippen LogP contribution in [0.5, 0.6) is 11.5 Å². The molecule has 0 saturated carbocycles. The van der Waals surface area contributed by atoms with Gasteiger partial charge in [-0.05, 0) is 18.3 Å². The maximum atomic E-state index is 5.25. The van der Waals surface area contributed by atoms with Gasteiger partial charge in [-0.2, -0.15) is 0 Å². The number of hydrogen-bond acceptors (Lipinski definition) is 3. The van der Waals surface area contributed by atoms with E-state index in [9.17, 15) is 0 Å². The highest BCUT2D eigenvalue weighted by molar-refractivity contribution is 5.57. The number of benzene rings is 1. The first kappa shape index (κ1) is 7.98. The molecule has 1 aliphatic rings. The van der Waals surface area contributed by atoms with Gasteiger partial charge in [-0.3, -0.25) is 0 Å². The van der Waals surface area contributed by atoms with Crippen molar-refractivity contribution >= 4 is 5.69 Å². The van der Waals surface area contributed by atoms with Crippen LogP contribution in [0.1, 0.15) is 0 Å². The molecular weight excluding hydrogens is 166 g/mol. The topological polar surface area (TPSA) is 21.7 Å². The van der Waals surface area contributed by atoms with Crippen LogP contribution >= 0.6 is 0 Å². The van der Waals surface area contributed by atoms with Crippen LogP contribution < -0.4 is 14.4 Å². The van der Waals surface area contributed by atoms with Gasteiger partial charge < -0.3 is 14.4 Å². The Balaban J connectivity index is 2.35. The lowest BCUT2D eigenvalue weighted by Gasteiger charge is -2.13. The minimum Gasteiger partial charge on any atom is -0.454 e. The first-order valence-electron chi connectivity index (χ1n) is 4.06. The highest BCUT2D eigenvalue weighted by atomic mass is 16.7. The fourth-order valence-corrected chi connectivity index (χ4v) is 1.21. The zero-order valence-electron chi connectivity index (χ0n) is 7.49. The number of hydrogen-bond donors (Lipinski definition) is 0. The Labute approximate surface area is 77.2 Å². The van der Waals surface area contributed by atoms with Crippen LogP contribution in [0.25, 0.3) is 0 Å². The zero-order valence-corrected chi connectivity index (χ0v) is 7.49. The number of nitrogens with zero attached hydrogens (tertiary/aromatic N) is 1. The monoisotopic (exact) mass is 177 g/mol. The minimum atomic E-state index is 0.316. The normalized spacial score (nSPS) is 12.7. The molecule has 0 saturated heterocycles. The number of fused-ring (bicyclic) bond motifs is 1. The molecule has 68 valence electrons. The third-order valence-electron chi connectivity index (χ3n) is 2.04. The predicted molar refractivity (Wildman–Crippen MR) is 51.2 cm³/mol. The van der Waals surface area contributed by atoms with Crippen LogP contribution in [-0.4, -0.2) is 13.8 Å². The lowest BCUT2D eigenvalue weighted by Crippen LogP contribution is -2.06. The van der Waals surface area contributed by atoms with Crippen molar-refractivity contribution in [1.29, 1.82) is 0 Å². The Hall–Kier alpha value is -1.64. The second-order valence-electron chi connectivity index (χ2n) is 2.83. The summed E-state index contributed by atoms with van der Waals surface area (Å²) in [4.78, 5) is 1.92. The van der Waals surface area contributed by atoms with E-state index in [4.69, 9.17) is 9.47 Å². The molecule has 0 aromatic heterocycles. The van der Waals surface area contributed by atoms with Crippen molar-refractivity contribution < 1.29 is 9.47 Å². The minimum absolute atomic E-state index is 0.316. The van der Waals surface area contributed by atoms with E-state index in [1.54, 1.807) is 6.20 Å². The van der Waals surface area contributed by atoms with E-state index in [1.807, 2.05) is 30.1 Å². The second-order valence-corrected chi connectivity index (χ2v) is 2.83. The molecule has 0 aliphatic carbocycles. The number of ether oxygens (including phenoxy) is 2. The van der Waals surface area contributed by atoms with E-state index in [0.717, 1.165) is 17.2 Å². The summed E-state index contributed by atoms with van der Waals surface area (Å²) in [6.45, 7) is 4.00. The van der Waals surface area contributed by atoms with Gasteiger partial charge in [0.05, 0.1) is 0 Å². The molecule has 0 unspecified atom stereocenters. The molecule has 1 aliphatic heterocycles. The summed E-state index contributed by atoms with van der Waals surface area (Å²) in [5.74, 6) is 1.60. The van der Waals surface area contributed by atoms with Gasteiger partial charge >= 0.3 is 0 Å². The van der Waals surface area contributed by atoms with E-state index in [-0.39, 0.29) is 0 Å². The smallest absolute Gasteiger partial charge is 0.231 e. The van der Waals surface area contributed by atoms with E-state index in [0.29, 0.717) is 6.79 Å². The Morgan fingerprint density at radius 3 is 2.92 bits per heavy atom. The maximum absolute atomic E-state index is 5.25. The Morgan fingerprint density at radius 1 is 1.38 bits per heavy atom. The Kier molecular flexibility index (Phi) is 1.85. The van der Waals surface area contributed by atoms with Crippen molar-refractivity contribution in [2.45, 2.75) is 0 Å². The molecule has 1 heterocycles. The highest BCUT2D eigenvalue weighted by Gasteiger charge is 2.13. The molecule has 0 spiro atoms. The van der Waals surface area contributed by atoms with Gasteiger partial charge in [0.25, 0.3) is 0 Å². The summed E-state index contributed by atoms with van der Waals surface area (Å²) in [6, 6.07) is 5.80. The molecular formula is C10H11NO2. The number of anilines is 1. The third kappa shape index (κ3) is 1.33. The number of rotatable bonds is 2. The molecule has 0 amide bonds. The van der Waals surface area contributed by atoms with Crippen LogP contribution in [0.2, 0.25) is 0 Å². The molecule has 0 fully saturated rings. The predicted octanol–water partition coefficient (Wildman–Crippen LogP) is 1.99. The van der Waals surface area contributed by atoms with Gasteiger partial charge in [0.2, 0.25) is 6.79 Å². The summed E-state index contributed by atoms with van der Waals surface area (Å²) < 4.78 is 10.5. The third-order valence-corrected chi connectivity index (χ3v) is 2.04. The maximum Gasteiger partial charge on any atom is 0.231 e. The van der Waals surface area contributed by atoms with Gasteiger partial charge in [-0.15, -0.1) is 0 Å². The van der Waals surface area contributed by atoms with E-state index < -0.39 is 0 Å². The largest absolute Gasteiger partial charge is 0.454 e. The van der Waals surface area contributed by atoms with Crippen molar-refractivity contribution in [3.63, 3.8) is 0 Å². The summed E-state index contributed by atoms with van der Waals surface area (Å²) >= 11 is 0. The van der Waals surface area contributed by atoms with E-state index in [2.05, 4.69) is 6.58 Å². The average molecular weight is 177 g/mol. The molecule has 0 bridgehead atoms. The molecule has 2 rings (SSSR count). The molecule has 0 atom stereocenters. The van der Waals surface area contributed by atoms with E-state index >= 15 is 0 Å². The fraction of sp³-hybridized carbons (Fsp3) is 0.200. The van der Waals surface area contributed by atoms with Crippen molar-refractivity contribution in [3.05, 3.63) is 31.0 Å². The first-order valence-corrected chi connectivity index (χ1v) is 4.06. The van der Waals surface area contributed by atoms with Crippen molar-refractivity contribution in [3.8, 4) is 11.5 Å². The molecule has 13 heavy (non-hydrogen) atoms. The summed E-state index contributed by atoms with van der Waals surface area (Å²) in [5, 5.41) is 0. The summed E-state index contributed by atoms with van der Waals surface area (Å²) in [6.07, 6.45) is 1.75. The highest BCUT2D eigenvalue weighted by Crippen LogP contribution is 2.35. The van der Waals surface area contributed by atoms with Crippen LogP contribution in [0.4, 0.5) is 5.69 Å². The van der Waals surface area contributed by atoms with E-state index in [1.165, 1.54) is 0 Å². The SMILES string of the molecule is C=CN(C)c1ccc2c(c1)OCO2. The van der Waals surface area contributed by atoms with Gasteiger partial charge in [0, 0.05) is 18.8 Å². The zero-order chi connectivity index (χ0) is 9.26. The van der Waals surface area contributed by atoms with Gasteiger partial charge in [-0.25, -0.2) is 0 Å². The average Bonchev–Trinajstić information content (AvgIpc) is 2.63. The summed E-state index contributed by atoms with van der Waals surface area (Å²) in [7, 11) is 1.94. The Bertz CT molecular complexity index is 336. The van der Waals surface area contributed by atoms with Crippen molar-refractivity contribution in [2.24, 2.45) is 0 Å². The Morgan fingerprint density at radius 2 is 2.15 bits per heavy atom. The molecule has 1 aromatic carbocycles. The summed E-state index contributed by atoms with van der Waals surface area (Å²) in [5.41, 5.74) is 1.04. The van der Waals surface area contributed by atoms with Crippen molar-refractivity contribution in [1.82, 2.24) is 0 Å². The van der Waals surface area contributed by atoms with Crippen LogP contribution in [0.15, 0.2) is 31.0 Å². The van der Waals surface area contributed by atoms with Crippen LogP contribution in [0.3, 0.4) is 0 Å². The van der Waals surface area contributed by atoms with Crippen LogP contribution in [-0.2, 0) is 0 Å². The lowest BCUT2D eigenvalue weighted by molar-refractivity contribution is 0.174. The standard InChI is InChI=1S/C10H11NO2/c1-3-11(2)8-4-5-9-10(6-8)13-7-12-9/h3-6H,1,7H2,2H3. The molecule has 1 aromatic rings. The molecule has 3 nitrogen and oxygen atoms in total. The second kappa shape index (κ2) is 3.01. The lowest BCUT2D eigenvalue weighted by atomic mass is 10.2. The molecule has 0 N–H and O–H groups in total. The van der Waals surface area contributed by atoms with Crippen molar-refractivity contribution in [2.75, 3.05) is 18.7 Å². The quantitative estimate of drug-likeness (QED) is 0.689. The van der Waals surface area contributed by atoms with Gasteiger partial charge in [0.1, 0.15) is 0 Å². The molecule has 0 radical (unpaired) electrons.